The van der Waals surface area contributed by atoms with Crippen LogP contribution in [0, 0.1) is 5.41 Å². The van der Waals surface area contributed by atoms with E-state index in [-0.39, 0.29) is 11.2 Å². The zero-order valence-electron chi connectivity index (χ0n) is 9.32. The van der Waals surface area contributed by atoms with Crippen LogP contribution >= 0.6 is 0 Å². The van der Waals surface area contributed by atoms with Crippen molar-refractivity contribution in [2.24, 2.45) is 5.41 Å². The van der Waals surface area contributed by atoms with Crippen LogP contribution in [0.1, 0.15) is 18.9 Å². The summed E-state index contributed by atoms with van der Waals surface area (Å²) in [5.74, 6) is 0.270. The van der Waals surface area contributed by atoms with Crippen molar-refractivity contribution in [3.05, 3.63) is 41.5 Å². The van der Waals surface area contributed by atoms with E-state index in [9.17, 15) is 4.79 Å². The first-order valence-electron chi connectivity index (χ1n) is 5.61. The van der Waals surface area contributed by atoms with Crippen LogP contribution in [0.5, 0.6) is 0 Å². The molecule has 82 valence electrons. The summed E-state index contributed by atoms with van der Waals surface area (Å²) in [7, 11) is 0. The van der Waals surface area contributed by atoms with Crippen molar-refractivity contribution >= 4 is 11.4 Å². The maximum Gasteiger partial charge on any atom is 0.164 e. The van der Waals surface area contributed by atoms with Crippen LogP contribution in [0.25, 0.3) is 5.57 Å². The van der Waals surface area contributed by atoms with Crippen LogP contribution in [0.2, 0.25) is 0 Å². The molecule has 1 heterocycles. The lowest BCUT2D eigenvalue weighted by molar-refractivity contribution is -0.114. The molecule has 1 aromatic carbocycles. The lowest BCUT2D eigenvalue weighted by atomic mass is 9.86. The Morgan fingerprint density at radius 2 is 2.00 bits per heavy atom. The number of allylic oxidation sites excluding steroid dienone is 1. The molecule has 1 atom stereocenters. The molecule has 2 heteroatoms. The lowest BCUT2D eigenvalue weighted by Crippen LogP contribution is -2.15. The van der Waals surface area contributed by atoms with Gasteiger partial charge in [0.05, 0.1) is 13.2 Å². The highest BCUT2D eigenvalue weighted by molar-refractivity contribution is 6.24. The maximum absolute atomic E-state index is 12.1. The van der Waals surface area contributed by atoms with E-state index in [4.69, 9.17) is 4.74 Å². The Labute approximate surface area is 94.9 Å². The molecule has 1 saturated heterocycles. The van der Waals surface area contributed by atoms with Crippen molar-refractivity contribution in [2.75, 3.05) is 13.2 Å². The third kappa shape index (κ3) is 1.26. The largest absolute Gasteiger partial charge is 0.376 e. The number of benzene rings is 1. The van der Waals surface area contributed by atoms with E-state index in [0.717, 1.165) is 11.1 Å². The molecular formula is C14H14O2. The Balaban J connectivity index is 2.16. The molecule has 16 heavy (non-hydrogen) atoms. The minimum absolute atomic E-state index is 0.0394. The lowest BCUT2D eigenvalue weighted by Gasteiger charge is -2.15. The molecule has 0 unspecified atom stereocenters. The minimum Gasteiger partial charge on any atom is -0.376 e. The average Bonchev–Trinajstić information content (AvgIpc) is 2.72. The van der Waals surface area contributed by atoms with E-state index in [1.54, 1.807) is 0 Å². The molecule has 0 saturated carbocycles. The summed E-state index contributed by atoms with van der Waals surface area (Å²) in [6.45, 7) is 3.43. The number of carbonyl (C=O) groups excluding carboxylic acids is 1. The van der Waals surface area contributed by atoms with Gasteiger partial charge in [-0.3, -0.25) is 4.79 Å². The van der Waals surface area contributed by atoms with Crippen molar-refractivity contribution in [1.82, 2.24) is 0 Å². The number of ether oxygens (including phenoxy) is 1. The van der Waals surface area contributed by atoms with Gasteiger partial charge in [0.15, 0.2) is 5.78 Å². The quantitative estimate of drug-likeness (QED) is 0.717. The molecule has 1 fully saturated rings. The molecule has 2 nitrogen and oxygen atoms in total. The summed E-state index contributed by atoms with van der Waals surface area (Å²) in [6.07, 6.45) is 0.604. The van der Waals surface area contributed by atoms with Gasteiger partial charge in [0, 0.05) is 17.4 Å². The fourth-order valence-electron chi connectivity index (χ4n) is 2.72. The summed E-state index contributed by atoms with van der Waals surface area (Å²) in [4.78, 5) is 12.1. The average molecular weight is 214 g/mol. The highest BCUT2D eigenvalue weighted by Crippen LogP contribution is 2.47. The Hall–Kier alpha value is -1.41. The number of fused-ring (bicyclic) bond motifs is 1. The third-order valence-electron chi connectivity index (χ3n) is 3.59. The summed E-state index contributed by atoms with van der Waals surface area (Å²) in [6, 6.07) is 9.93. The fourth-order valence-corrected chi connectivity index (χ4v) is 2.72. The maximum atomic E-state index is 12.1. The normalized spacial score (nSPS) is 28.7. The van der Waals surface area contributed by atoms with E-state index in [1.165, 1.54) is 5.57 Å². The number of carbonyl (C=O) groups is 1. The summed E-state index contributed by atoms with van der Waals surface area (Å²) < 4.78 is 5.50. The van der Waals surface area contributed by atoms with Gasteiger partial charge >= 0.3 is 0 Å². The van der Waals surface area contributed by atoms with Crippen LogP contribution in [-0.2, 0) is 9.53 Å². The highest BCUT2D eigenvalue weighted by atomic mass is 16.5. The monoisotopic (exact) mass is 214 g/mol. The molecule has 1 aliphatic carbocycles. The van der Waals surface area contributed by atoms with Crippen LogP contribution in [0.15, 0.2) is 35.9 Å². The Morgan fingerprint density at radius 3 is 2.75 bits per heavy atom. The molecule has 1 aromatic rings. The summed E-state index contributed by atoms with van der Waals surface area (Å²) >= 11 is 0. The zero-order chi connectivity index (χ0) is 11.2. The van der Waals surface area contributed by atoms with Gasteiger partial charge in [-0.05, 0) is 11.1 Å². The van der Waals surface area contributed by atoms with Crippen LogP contribution in [0.3, 0.4) is 0 Å². The van der Waals surface area contributed by atoms with E-state index in [2.05, 4.69) is 6.92 Å². The van der Waals surface area contributed by atoms with Gasteiger partial charge in [-0.1, -0.05) is 37.3 Å². The van der Waals surface area contributed by atoms with Crippen molar-refractivity contribution in [1.29, 1.82) is 0 Å². The third-order valence-corrected chi connectivity index (χ3v) is 3.59. The van der Waals surface area contributed by atoms with E-state index < -0.39 is 0 Å². The van der Waals surface area contributed by atoms with Crippen molar-refractivity contribution in [2.45, 2.75) is 13.3 Å². The molecule has 0 aromatic heterocycles. The smallest absolute Gasteiger partial charge is 0.164 e. The van der Waals surface area contributed by atoms with Gasteiger partial charge in [0.1, 0.15) is 0 Å². The molecule has 0 amide bonds. The Bertz CT molecular complexity index is 473. The van der Waals surface area contributed by atoms with Gasteiger partial charge < -0.3 is 4.74 Å². The van der Waals surface area contributed by atoms with Crippen molar-refractivity contribution in [3.63, 3.8) is 0 Å². The number of Topliss-reactive ketones (excluding diaryl/α,β-unsaturated/α-hetero) is 1. The summed E-state index contributed by atoms with van der Waals surface area (Å²) in [5, 5.41) is 0. The van der Waals surface area contributed by atoms with Gasteiger partial charge in [-0.2, -0.15) is 0 Å². The van der Waals surface area contributed by atoms with Gasteiger partial charge in [-0.25, -0.2) is 0 Å². The predicted molar refractivity (Wildman–Crippen MR) is 61.9 cm³/mol. The number of ketones is 1. The van der Waals surface area contributed by atoms with Crippen molar-refractivity contribution < 1.29 is 9.53 Å². The van der Waals surface area contributed by atoms with Crippen molar-refractivity contribution in [3.8, 4) is 0 Å². The second kappa shape index (κ2) is 3.29. The second-order valence-corrected chi connectivity index (χ2v) is 4.87. The van der Waals surface area contributed by atoms with Crippen LogP contribution in [0.4, 0.5) is 0 Å². The van der Waals surface area contributed by atoms with Gasteiger partial charge in [0.2, 0.25) is 0 Å². The Kier molecular flexibility index (Phi) is 2.01. The first-order valence-corrected chi connectivity index (χ1v) is 5.61. The predicted octanol–water partition coefficient (Wildman–Crippen LogP) is 2.45. The standard InChI is InChI=1S/C14H14O2/c1-14-7-12(15)13(11(14)8-16-9-14)10-5-3-2-4-6-10/h2-6H,7-9H2,1H3/t14-/m0/s1. The number of rotatable bonds is 1. The SMILES string of the molecule is C[C@]12COCC1=C(c1ccccc1)C(=O)C2. The van der Waals surface area contributed by atoms with Gasteiger partial charge in [0.25, 0.3) is 0 Å². The first kappa shape index (κ1) is 9.79. The molecule has 0 radical (unpaired) electrons. The molecule has 1 aliphatic heterocycles. The summed E-state index contributed by atoms with van der Waals surface area (Å²) in [5.41, 5.74) is 3.10. The minimum atomic E-state index is -0.0394. The zero-order valence-corrected chi connectivity index (χ0v) is 9.32. The van der Waals surface area contributed by atoms with E-state index >= 15 is 0 Å². The molecule has 0 spiro atoms. The van der Waals surface area contributed by atoms with E-state index in [0.29, 0.717) is 19.6 Å². The molecule has 2 aliphatic rings. The van der Waals surface area contributed by atoms with Gasteiger partial charge in [-0.15, -0.1) is 0 Å². The number of hydrogen-bond donors (Lipinski definition) is 0. The van der Waals surface area contributed by atoms with Crippen LogP contribution in [-0.4, -0.2) is 19.0 Å². The highest BCUT2D eigenvalue weighted by Gasteiger charge is 2.45. The first-order chi connectivity index (χ1) is 7.71. The number of hydrogen-bond acceptors (Lipinski definition) is 2. The van der Waals surface area contributed by atoms with Crippen LogP contribution < -0.4 is 0 Å². The second-order valence-electron chi connectivity index (χ2n) is 4.87. The topological polar surface area (TPSA) is 26.3 Å². The molecule has 3 rings (SSSR count). The Morgan fingerprint density at radius 1 is 1.25 bits per heavy atom. The van der Waals surface area contributed by atoms with E-state index in [1.807, 2.05) is 30.3 Å². The fraction of sp³-hybridized carbons (Fsp3) is 0.357. The molecular weight excluding hydrogens is 200 g/mol. The molecule has 0 bridgehead atoms. The molecule has 0 N–H and O–H groups in total.